The van der Waals surface area contributed by atoms with E-state index in [-0.39, 0.29) is 5.91 Å². The summed E-state index contributed by atoms with van der Waals surface area (Å²) in [6.07, 6.45) is 13.9. The molecule has 6 rings (SSSR count). The van der Waals surface area contributed by atoms with Gasteiger partial charge in [0, 0.05) is 30.6 Å². The van der Waals surface area contributed by atoms with Crippen LogP contribution in [0, 0.1) is 34.5 Å². The fraction of sp³-hybridized carbons (Fsp3) is 0.759. The molecule has 4 heteroatoms. The fourth-order valence-corrected chi connectivity index (χ4v) is 10.4. The number of rotatable bonds is 3. The van der Waals surface area contributed by atoms with Gasteiger partial charge in [-0.15, -0.1) is 11.3 Å². The first-order chi connectivity index (χ1) is 15.8. The number of hydrogen-bond donors (Lipinski definition) is 0. The van der Waals surface area contributed by atoms with Gasteiger partial charge in [-0.3, -0.25) is 4.79 Å². The van der Waals surface area contributed by atoms with Crippen molar-refractivity contribution < 1.29 is 4.79 Å². The molecule has 1 amide bonds. The van der Waals surface area contributed by atoms with Crippen LogP contribution in [0.1, 0.15) is 70.1 Å². The van der Waals surface area contributed by atoms with E-state index >= 15 is 0 Å². The van der Waals surface area contributed by atoms with Crippen molar-refractivity contribution in [3.05, 3.63) is 34.0 Å². The lowest BCUT2D eigenvalue weighted by atomic mass is 9.47. The van der Waals surface area contributed by atoms with Gasteiger partial charge in [0.05, 0.1) is 6.42 Å². The molecule has 3 nitrogen and oxygen atoms in total. The standard InChI is InChI=1S/C29H42N2OS/c1-19-24-9-10-26-23-8-7-20-16-21(31(4)27(32)17-22-6-5-15-33-22)11-13-28(20,2)25(23)12-14-29(24,26)18-30(19)3/h5-7,15,19,21,23-26H,8-14,16-18H2,1-4H3/t19-,21-,23+,24+,25?,26-,28-,29-/m0/s1. The van der Waals surface area contributed by atoms with Gasteiger partial charge < -0.3 is 9.80 Å². The van der Waals surface area contributed by atoms with Gasteiger partial charge in [-0.2, -0.15) is 0 Å². The van der Waals surface area contributed by atoms with Crippen molar-refractivity contribution in [1.82, 2.24) is 9.80 Å². The molecule has 1 saturated heterocycles. The van der Waals surface area contributed by atoms with Crippen molar-refractivity contribution in [2.75, 3.05) is 20.6 Å². The molecule has 3 saturated carbocycles. The largest absolute Gasteiger partial charge is 0.342 e. The Morgan fingerprint density at radius 2 is 2.00 bits per heavy atom. The molecule has 0 bridgehead atoms. The monoisotopic (exact) mass is 466 g/mol. The minimum Gasteiger partial charge on any atom is -0.342 e. The number of carbonyl (C=O) groups is 1. The van der Waals surface area contributed by atoms with Gasteiger partial charge in [0.25, 0.3) is 0 Å². The Bertz CT molecular complexity index is 939. The SMILES string of the molecule is C[C@H]1[C@H]2CC[C@H]3[C@@H]4CC=C5C[C@@H](N(C)C(=O)Cc6cccs6)CC[C@]5(C)C4CC[C@]23CN1C. The van der Waals surface area contributed by atoms with Gasteiger partial charge in [0.1, 0.15) is 0 Å². The second-order valence-corrected chi connectivity index (χ2v) is 13.6. The minimum atomic E-state index is 0.288. The second-order valence-electron chi connectivity index (χ2n) is 12.5. The molecule has 2 heterocycles. The van der Waals surface area contributed by atoms with Crippen LogP contribution in [-0.2, 0) is 11.2 Å². The van der Waals surface area contributed by atoms with Crippen LogP contribution in [0.4, 0.5) is 0 Å². The van der Waals surface area contributed by atoms with Gasteiger partial charge in [-0.1, -0.05) is 24.6 Å². The van der Waals surface area contributed by atoms with Crippen LogP contribution in [-0.4, -0.2) is 48.4 Å². The third-order valence-corrected chi connectivity index (χ3v) is 12.4. The molecule has 1 aromatic heterocycles. The molecule has 8 atom stereocenters. The summed E-state index contributed by atoms with van der Waals surface area (Å²) in [6, 6.07) is 5.29. The summed E-state index contributed by atoms with van der Waals surface area (Å²) in [7, 11) is 4.43. The number of likely N-dealkylation sites (tertiary alicyclic amines) is 1. The van der Waals surface area contributed by atoms with E-state index in [1.54, 1.807) is 16.9 Å². The Morgan fingerprint density at radius 3 is 2.79 bits per heavy atom. The lowest BCUT2D eigenvalue weighted by Crippen LogP contribution is -2.53. The first-order valence-electron chi connectivity index (χ1n) is 13.5. The summed E-state index contributed by atoms with van der Waals surface area (Å²) in [5.41, 5.74) is 2.67. The Labute approximate surface area is 204 Å². The Balaban J connectivity index is 1.19. The first-order valence-corrected chi connectivity index (χ1v) is 14.4. The van der Waals surface area contributed by atoms with Crippen LogP contribution in [0.2, 0.25) is 0 Å². The van der Waals surface area contributed by atoms with E-state index in [9.17, 15) is 4.79 Å². The van der Waals surface area contributed by atoms with E-state index in [4.69, 9.17) is 0 Å². The van der Waals surface area contributed by atoms with Crippen LogP contribution in [0.5, 0.6) is 0 Å². The zero-order valence-electron chi connectivity index (χ0n) is 21.1. The van der Waals surface area contributed by atoms with Crippen LogP contribution < -0.4 is 0 Å². The van der Waals surface area contributed by atoms with Crippen LogP contribution >= 0.6 is 11.3 Å². The zero-order chi connectivity index (χ0) is 23.0. The molecule has 5 aliphatic rings. The van der Waals surface area contributed by atoms with Crippen LogP contribution in [0.15, 0.2) is 29.2 Å². The molecule has 1 aliphatic heterocycles. The lowest BCUT2D eigenvalue weighted by molar-refractivity contribution is -0.132. The van der Waals surface area contributed by atoms with Crippen LogP contribution in [0.25, 0.3) is 0 Å². The smallest absolute Gasteiger partial charge is 0.227 e. The summed E-state index contributed by atoms with van der Waals surface area (Å²) >= 11 is 1.70. The molecule has 4 fully saturated rings. The summed E-state index contributed by atoms with van der Waals surface area (Å²) in [4.78, 5) is 18.9. The lowest BCUT2D eigenvalue weighted by Gasteiger charge is -2.58. The highest BCUT2D eigenvalue weighted by atomic mass is 32.1. The highest BCUT2D eigenvalue weighted by Crippen LogP contribution is 2.68. The average Bonchev–Trinajstić information content (AvgIpc) is 3.49. The summed E-state index contributed by atoms with van der Waals surface area (Å²) in [5.74, 6) is 3.92. The Kier molecular flexibility index (Phi) is 5.38. The van der Waals surface area contributed by atoms with E-state index < -0.39 is 0 Å². The van der Waals surface area contributed by atoms with Crippen molar-refractivity contribution in [3.8, 4) is 0 Å². The molecule has 1 aromatic rings. The molecular weight excluding hydrogens is 424 g/mol. The third kappa shape index (κ3) is 3.26. The van der Waals surface area contributed by atoms with Gasteiger partial charge in [-0.25, -0.2) is 0 Å². The average molecular weight is 467 g/mol. The first kappa shape index (κ1) is 22.3. The van der Waals surface area contributed by atoms with E-state index in [0.29, 0.717) is 23.3 Å². The van der Waals surface area contributed by atoms with Gasteiger partial charge in [0.2, 0.25) is 5.91 Å². The molecule has 4 aliphatic carbocycles. The van der Waals surface area contributed by atoms with Gasteiger partial charge in [0.15, 0.2) is 0 Å². The summed E-state index contributed by atoms with van der Waals surface area (Å²) < 4.78 is 0. The summed E-state index contributed by atoms with van der Waals surface area (Å²) in [6.45, 7) is 6.44. The number of carbonyl (C=O) groups excluding carboxylic acids is 1. The van der Waals surface area contributed by atoms with Crippen molar-refractivity contribution in [3.63, 3.8) is 0 Å². The maximum Gasteiger partial charge on any atom is 0.227 e. The molecule has 1 unspecified atom stereocenters. The maximum absolute atomic E-state index is 13.0. The number of hydrogen-bond acceptors (Lipinski definition) is 3. The molecule has 180 valence electrons. The highest BCUT2D eigenvalue weighted by molar-refractivity contribution is 7.10. The Morgan fingerprint density at radius 1 is 1.18 bits per heavy atom. The molecule has 33 heavy (non-hydrogen) atoms. The topological polar surface area (TPSA) is 23.6 Å². The maximum atomic E-state index is 13.0. The molecular formula is C29H42N2OS. The van der Waals surface area contributed by atoms with E-state index in [0.717, 1.165) is 36.1 Å². The van der Waals surface area contributed by atoms with Gasteiger partial charge >= 0.3 is 0 Å². The quantitative estimate of drug-likeness (QED) is 0.509. The predicted octanol–water partition coefficient (Wildman–Crippen LogP) is 6.01. The minimum absolute atomic E-state index is 0.288. The number of allylic oxidation sites excluding steroid dienone is 1. The zero-order valence-corrected chi connectivity index (χ0v) is 21.9. The van der Waals surface area contributed by atoms with Crippen molar-refractivity contribution in [2.24, 2.45) is 34.5 Å². The Hall–Kier alpha value is -1.13. The second kappa shape index (κ2) is 7.95. The van der Waals surface area contributed by atoms with Gasteiger partial charge in [-0.05, 0) is 111 Å². The van der Waals surface area contributed by atoms with Crippen molar-refractivity contribution in [1.29, 1.82) is 0 Å². The number of nitrogens with zero attached hydrogens (tertiary/aromatic N) is 2. The molecule has 0 N–H and O–H groups in total. The highest BCUT2D eigenvalue weighted by Gasteiger charge is 2.64. The molecule has 0 radical (unpaired) electrons. The predicted molar refractivity (Wildman–Crippen MR) is 136 cm³/mol. The number of thiophene rings is 1. The van der Waals surface area contributed by atoms with Crippen molar-refractivity contribution >= 4 is 17.2 Å². The van der Waals surface area contributed by atoms with Crippen molar-refractivity contribution in [2.45, 2.75) is 83.7 Å². The molecule has 1 spiro atoms. The van der Waals surface area contributed by atoms with E-state index in [1.807, 2.05) is 6.07 Å². The van der Waals surface area contributed by atoms with Crippen LogP contribution in [0.3, 0.4) is 0 Å². The third-order valence-electron chi connectivity index (χ3n) is 11.5. The normalized spacial score (nSPS) is 44.4. The van der Waals surface area contributed by atoms with E-state index in [1.165, 1.54) is 56.4 Å². The molecule has 0 aromatic carbocycles. The van der Waals surface area contributed by atoms with E-state index in [2.05, 4.69) is 55.3 Å². The number of fused-ring (bicyclic) bond motifs is 4. The number of amides is 1. The number of likely N-dealkylation sites (N-methyl/N-ethyl adjacent to an activating group) is 1. The fourth-order valence-electron chi connectivity index (χ4n) is 9.66. The summed E-state index contributed by atoms with van der Waals surface area (Å²) in [5, 5.41) is 2.07.